The number of hydrogen-bond donors (Lipinski definition) is 4. The first-order valence-corrected chi connectivity index (χ1v) is 18.4. The molecule has 1 saturated heterocycles. The Labute approximate surface area is 283 Å². The van der Waals surface area contributed by atoms with Gasteiger partial charge in [0.15, 0.2) is 0 Å². The van der Waals surface area contributed by atoms with Gasteiger partial charge in [-0.15, -0.1) is 0 Å². The van der Waals surface area contributed by atoms with Crippen molar-refractivity contribution in [1.82, 2.24) is 21.3 Å². The molecule has 0 aromatic rings. The fraction of sp³-hybridized carbons (Fsp3) is 0.886. The Bertz CT molecular complexity index is 1060. The Morgan fingerprint density at radius 1 is 0.833 bits per heavy atom. The van der Waals surface area contributed by atoms with Gasteiger partial charge in [-0.3, -0.25) is 19.2 Å². The fourth-order valence-corrected chi connectivity index (χ4v) is 8.16. The quantitative estimate of drug-likeness (QED) is 0.260. The van der Waals surface area contributed by atoms with E-state index in [4.69, 9.17) is 9.47 Å². The van der Waals surface area contributed by atoms with Crippen LogP contribution < -0.4 is 21.3 Å². The first-order valence-electron chi connectivity index (χ1n) is 18.4. The van der Waals surface area contributed by atoms with Crippen molar-refractivity contribution in [2.24, 2.45) is 17.8 Å². The summed E-state index contributed by atoms with van der Waals surface area (Å²) < 4.78 is 50.3. The first-order chi connectivity index (χ1) is 23.0. The number of halogens is 3. The van der Waals surface area contributed by atoms with Gasteiger partial charge in [0.05, 0.1) is 25.2 Å². The first kappa shape index (κ1) is 38.4. The molecule has 4 N–H and O–H groups in total. The van der Waals surface area contributed by atoms with Gasteiger partial charge in [-0.25, -0.2) is 0 Å². The molecular weight excluding hydrogens is 629 g/mol. The van der Waals surface area contributed by atoms with Crippen LogP contribution in [0.5, 0.6) is 0 Å². The number of rotatable bonds is 10. The van der Waals surface area contributed by atoms with Gasteiger partial charge in [-0.2, -0.15) is 13.2 Å². The third-order valence-corrected chi connectivity index (χ3v) is 10.7. The maximum absolute atomic E-state index is 14.0. The molecule has 0 aromatic carbocycles. The van der Waals surface area contributed by atoms with Crippen molar-refractivity contribution < 1.29 is 41.8 Å². The van der Waals surface area contributed by atoms with Crippen LogP contribution in [-0.2, 0) is 28.7 Å². The lowest BCUT2D eigenvalue weighted by Gasteiger charge is -2.37. The molecule has 4 rings (SSSR count). The van der Waals surface area contributed by atoms with E-state index in [1.54, 1.807) is 0 Å². The van der Waals surface area contributed by atoms with E-state index < -0.39 is 55.0 Å². The van der Waals surface area contributed by atoms with Crippen LogP contribution in [0.2, 0.25) is 0 Å². The van der Waals surface area contributed by atoms with Gasteiger partial charge in [0, 0.05) is 20.1 Å². The van der Waals surface area contributed by atoms with Crippen LogP contribution in [0.3, 0.4) is 0 Å². The van der Waals surface area contributed by atoms with Gasteiger partial charge in [0.25, 0.3) is 0 Å². The summed E-state index contributed by atoms with van der Waals surface area (Å²) in [6.45, 7) is -0.374. The van der Waals surface area contributed by atoms with Crippen LogP contribution in [0, 0.1) is 17.8 Å². The maximum Gasteiger partial charge on any atom is 0.390 e. The molecule has 4 amide bonds. The molecule has 1 aliphatic heterocycles. The summed E-state index contributed by atoms with van der Waals surface area (Å²) in [7, 11) is 1.50. The van der Waals surface area contributed by atoms with E-state index >= 15 is 0 Å². The molecule has 0 spiro atoms. The highest BCUT2D eigenvalue weighted by Gasteiger charge is 2.37. The largest absolute Gasteiger partial charge is 0.390 e. The molecule has 1 heterocycles. The molecule has 4 aliphatic rings. The van der Waals surface area contributed by atoms with Crippen LogP contribution in [0.15, 0.2) is 0 Å². The van der Waals surface area contributed by atoms with Gasteiger partial charge in [0.1, 0.15) is 18.1 Å². The standard InChI is InChI=1S/C35H57F3N4O6/c1-47-18-15-31(43)40-30-22-25-10-6-12-27(20-25)48-26-11-5-9-24(19-26)21-29(32(44)39-17-16-35(36,37)38)42-33(45)28(41-34(30)46)14-13-23-7-3-2-4-8-23/h23-30H,2-22H2,1H3,(H,39,44)(H,40,43)(H,41,46)(H,42,45)/t24?,25?,26?,27?,28-,29-,30-/m0/s1. The average molecular weight is 687 g/mol. The molecule has 10 nitrogen and oxygen atoms in total. The van der Waals surface area contributed by atoms with Crippen LogP contribution >= 0.6 is 0 Å². The molecule has 3 saturated carbocycles. The van der Waals surface area contributed by atoms with Crippen molar-refractivity contribution in [3.05, 3.63) is 0 Å². The number of amides is 4. The van der Waals surface area contributed by atoms with Crippen molar-refractivity contribution in [3.63, 3.8) is 0 Å². The van der Waals surface area contributed by atoms with Crippen molar-refractivity contribution in [3.8, 4) is 0 Å². The number of fused-ring (bicyclic) bond motifs is 4. The summed E-state index contributed by atoms with van der Waals surface area (Å²) in [5, 5.41) is 11.0. The summed E-state index contributed by atoms with van der Waals surface area (Å²) in [6.07, 6.45) is 8.71. The molecule has 274 valence electrons. The van der Waals surface area contributed by atoms with E-state index in [1.807, 2.05) is 0 Å². The minimum Gasteiger partial charge on any atom is -0.384 e. The number of nitrogens with one attached hydrogen (secondary N) is 4. The van der Waals surface area contributed by atoms with Crippen LogP contribution in [0.1, 0.15) is 122 Å². The number of methoxy groups -OCH3 is 1. The number of carbonyl (C=O) groups is 4. The van der Waals surface area contributed by atoms with E-state index in [0.29, 0.717) is 25.2 Å². The lowest BCUT2D eigenvalue weighted by molar-refractivity contribution is -0.138. The minimum atomic E-state index is -4.42. The van der Waals surface area contributed by atoms with Gasteiger partial charge in [-0.1, -0.05) is 57.8 Å². The highest BCUT2D eigenvalue weighted by Crippen LogP contribution is 2.35. The highest BCUT2D eigenvalue weighted by atomic mass is 19.4. The van der Waals surface area contributed by atoms with Gasteiger partial charge < -0.3 is 30.7 Å². The molecule has 0 radical (unpaired) electrons. The monoisotopic (exact) mass is 686 g/mol. The predicted molar refractivity (Wildman–Crippen MR) is 174 cm³/mol. The van der Waals surface area contributed by atoms with E-state index in [-0.39, 0.29) is 49.4 Å². The molecule has 4 bridgehead atoms. The summed E-state index contributed by atoms with van der Waals surface area (Å²) in [6, 6.07) is -2.88. The summed E-state index contributed by atoms with van der Waals surface area (Å²) >= 11 is 0. The van der Waals surface area contributed by atoms with Crippen LogP contribution in [0.4, 0.5) is 13.2 Å². The zero-order chi connectivity index (χ0) is 34.5. The summed E-state index contributed by atoms with van der Waals surface area (Å²) in [5.74, 6) is -1.33. The Morgan fingerprint density at radius 3 is 2.15 bits per heavy atom. The second-order valence-electron chi connectivity index (χ2n) is 14.6. The van der Waals surface area contributed by atoms with E-state index in [1.165, 1.54) is 13.5 Å². The Hall–Kier alpha value is -2.41. The second kappa shape index (κ2) is 19.1. The van der Waals surface area contributed by atoms with Crippen molar-refractivity contribution in [2.75, 3.05) is 20.3 Å². The molecule has 13 heteroatoms. The van der Waals surface area contributed by atoms with E-state index in [9.17, 15) is 32.3 Å². The third-order valence-electron chi connectivity index (χ3n) is 10.7. The van der Waals surface area contributed by atoms with Crippen molar-refractivity contribution in [2.45, 2.75) is 159 Å². The van der Waals surface area contributed by atoms with Crippen molar-refractivity contribution >= 4 is 23.6 Å². The number of alkyl halides is 3. The van der Waals surface area contributed by atoms with Crippen LogP contribution in [-0.4, -0.2) is 80.4 Å². The lowest BCUT2D eigenvalue weighted by Crippen LogP contribution is -2.57. The predicted octanol–water partition coefficient (Wildman–Crippen LogP) is 4.83. The number of ether oxygens (including phenoxy) is 2. The molecule has 4 fully saturated rings. The smallest absolute Gasteiger partial charge is 0.384 e. The molecule has 0 aromatic heterocycles. The Balaban J connectivity index is 1.58. The molecule has 3 aliphatic carbocycles. The van der Waals surface area contributed by atoms with Gasteiger partial charge in [0.2, 0.25) is 23.6 Å². The number of carbonyl (C=O) groups excluding carboxylic acids is 4. The topological polar surface area (TPSA) is 135 Å². The van der Waals surface area contributed by atoms with E-state index in [0.717, 1.165) is 77.0 Å². The SMILES string of the molecule is COCCC(=O)N[C@H]1CC2CCCC(C2)OC2CCCC(C2)C[C@@H](C(=O)NCCC(F)(F)F)NC(=O)[C@H](CCC2CCCCC2)NC1=O. The second-order valence-corrected chi connectivity index (χ2v) is 14.6. The molecular formula is C35H57F3N4O6. The van der Waals surface area contributed by atoms with Crippen LogP contribution in [0.25, 0.3) is 0 Å². The van der Waals surface area contributed by atoms with Gasteiger partial charge in [-0.05, 0) is 69.1 Å². The lowest BCUT2D eigenvalue weighted by atomic mass is 9.81. The average Bonchev–Trinajstić information content (AvgIpc) is 3.04. The summed E-state index contributed by atoms with van der Waals surface area (Å²) in [5.41, 5.74) is 0. The van der Waals surface area contributed by atoms with E-state index in [2.05, 4.69) is 21.3 Å². The molecule has 4 unspecified atom stereocenters. The Kier molecular flexibility index (Phi) is 15.3. The highest BCUT2D eigenvalue weighted by molar-refractivity contribution is 5.94. The maximum atomic E-state index is 14.0. The summed E-state index contributed by atoms with van der Waals surface area (Å²) in [4.78, 5) is 54.1. The van der Waals surface area contributed by atoms with Gasteiger partial charge >= 0.3 is 6.18 Å². The minimum absolute atomic E-state index is 0.0128. The molecule has 48 heavy (non-hydrogen) atoms. The van der Waals surface area contributed by atoms with Crippen molar-refractivity contribution in [1.29, 1.82) is 0 Å². The zero-order valence-corrected chi connectivity index (χ0v) is 28.6. The third kappa shape index (κ3) is 13.1. The molecule has 7 atom stereocenters. The fourth-order valence-electron chi connectivity index (χ4n) is 8.16. The number of hydrogen-bond acceptors (Lipinski definition) is 6. The Morgan fingerprint density at radius 2 is 1.50 bits per heavy atom. The normalized spacial score (nSPS) is 31.3. The zero-order valence-electron chi connectivity index (χ0n) is 28.6.